The van der Waals surface area contributed by atoms with Gasteiger partial charge >= 0.3 is 6.03 Å². The number of imide groups is 1. The Morgan fingerprint density at radius 2 is 2.12 bits per heavy atom. The largest absolute Gasteiger partial charge is 0.328 e. The molecule has 0 saturated carbocycles. The van der Waals surface area contributed by atoms with E-state index in [2.05, 4.69) is 5.32 Å². The zero-order valence-corrected chi connectivity index (χ0v) is 9.54. The van der Waals surface area contributed by atoms with Crippen molar-refractivity contribution in [2.75, 3.05) is 11.4 Å². The van der Waals surface area contributed by atoms with Crippen LogP contribution in [0.3, 0.4) is 0 Å². The second-order valence-electron chi connectivity index (χ2n) is 3.69. The van der Waals surface area contributed by atoms with Gasteiger partial charge in [0.15, 0.2) is 0 Å². The SMILES string of the molecule is Cc1cc(Cl)ccc1N1CCC(=O)NC1=O. The number of aryl methyl sites for hydroxylation is 1. The van der Waals surface area contributed by atoms with Crippen molar-refractivity contribution in [2.45, 2.75) is 13.3 Å². The van der Waals surface area contributed by atoms with Crippen LogP contribution in [-0.4, -0.2) is 18.5 Å². The molecule has 0 bridgehead atoms. The number of halogens is 1. The van der Waals surface area contributed by atoms with Gasteiger partial charge in [0.25, 0.3) is 0 Å². The molecule has 1 N–H and O–H groups in total. The zero-order valence-electron chi connectivity index (χ0n) is 8.79. The van der Waals surface area contributed by atoms with Gasteiger partial charge in [-0.15, -0.1) is 0 Å². The first kappa shape index (κ1) is 11.0. The van der Waals surface area contributed by atoms with Gasteiger partial charge in [-0.1, -0.05) is 11.6 Å². The number of nitrogens with one attached hydrogen (secondary N) is 1. The molecule has 16 heavy (non-hydrogen) atoms. The second kappa shape index (κ2) is 4.14. The number of hydrogen-bond donors (Lipinski definition) is 1. The fourth-order valence-corrected chi connectivity index (χ4v) is 1.94. The molecular formula is C11H11ClN2O2. The molecule has 1 aromatic rings. The number of amides is 3. The third-order valence-corrected chi connectivity index (χ3v) is 2.74. The lowest BCUT2D eigenvalue weighted by Crippen LogP contribution is -2.49. The van der Waals surface area contributed by atoms with Crippen molar-refractivity contribution >= 4 is 29.2 Å². The third-order valence-electron chi connectivity index (χ3n) is 2.50. The Bertz CT molecular complexity index is 459. The van der Waals surface area contributed by atoms with Crippen LogP contribution >= 0.6 is 11.6 Å². The molecule has 1 fully saturated rings. The first-order valence-electron chi connectivity index (χ1n) is 4.95. The molecule has 0 aliphatic carbocycles. The summed E-state index contributed by atoms with van der Waals surface area (Å²) in [6.07, 6.45) is 0.327. The zero-order chi connectivity index (χ0) is 11.7. The van der Waals surface area contributed by atoms with Gasteiger partial charge in [0.2, 0.25) is 5.91 Å². The maximum atomic E-state index is 11.6. The Morgan fingerprint density at radius 3 is 2.75 bits per heavy atom. The molecule has 5 heteroatoms. The number of nitrogens with zero attached hydrogens (tertiary/aromatic N) is 1. The molecule has 84 valence electrons. The van der Waals surface area contributed by atoms with E-state index in [1.54, 1.807) is 23.1 Å². The van der Waals surface area contributed by atoms with Crippen molar-refractivity contribution in [2.24, 2.45) is 0 Å². The minimum Gasteiger partial charge on any atom is -0.293 e. The van der Waals surface area contributed by atoms with Crippen LogP contribution in [0.15, 0.2) is 18.2 Å². The molecule has 1 heterocycles. The fraction of sp³-hybridized carbons (Fsp3) is 0.273. The van der Waals surface area contributed by atoms with Crippen LogP contribution in [0.1, 0.15) is 12.0 Å². The summed E-state index contributed by atoms with van der Waals surface area (Å²) in [7, 11) is 0. The quantitative estimate of drug-likeness (QED) is 0.815. The van der Waals surface area contributed by atoms with Crippen molar-refractivity contribution in [3.63, 3.8) is 0 Å². The van der Waals surface area contributed by atoms with Gasteiger partial charge in [-0.3, -0.25) is 15.0 Å². The van der Waals surface area contributed by atoms with E-state index in [4.69, 9.17) is 11.6 Å². The van der Waals surface area contributed by atoms with E-state index in [0.717, 1.165) is 11.3 Å². The molecular weight excluding hydrogens is 228 g/mol. The highest BCUT2D eigenvalue weighted by atomic mass is 35.5. The smallest absolute Gasteiger partial charge is 0.293 e. The molecule has 1 aliphatic rings. The fourth-order valence-electron chi connectivity index (χ4n) is 1.72. The van der Waals surface area contributed by atoms with E-state index in [9.17, 15) is 9.59 Å². The lowest BCUT2D eigenvalue weighted by molar-refractivity contribution is -0.120. The molecule has 3 amide bonds. The van der Waals surface area contributed by atoms with E-state index in [1.807, 2.05) is 6.92 Å². The molecule has 1 aliphatic heterocycles. The minimum absolute atomic E-state index is 0.229. The Labute approximate surface area is 98.2 Å². The number of rotatable bonds is 1. The molecule has 1 saturated heterocycles. The number of carbonyl (C=O) groups excluding carboxylic acids is 2. The molecule has 0 spiro atoms. The van der Waals surface area contributed by atoms with Crippen molar-refractivity contribution in [1.82, 2.24) is 5.32 Å². The number of anilines is 1. The van der Waals surface area contributed by atoms with Crippen LogP contribution < -0.4 is 10.2 Å². The van der Waals surface area contributed by atoms with Crippen LogP contribution in [0.4, 0.5) is 10.5 Å². The van der Waals surface area contributed by atoms with Gasteiger partial charge in [0.1, 0.15) is 0 Å². The molecule has 0 aromatic heterocycles. The summed E-state index contributed by atoms with van der Waals surface area (Å²) in [5.41, 5.74) is 1.70. The highest BCUT2D eigenvalue weighted by molar-refractivity contribution is 6.30. The Hall–Kier alpha value is -1.55. The van der Waals surface area contributed by atoms with Gasteiger partial charge < -0.3 is 0 Å². The second-order valence-corrected chi connectivity index (χ2v) is 4.12. The maximum absolute atomic E-state index is 11.6. The van der Waals surface area contributed by atoms with Gasteiger partial charge in [0.05, 0.1) is 0 Å². The van der Waals surface area contributed by atoms with E-state index >= 15 is 0 Å². The molecule has 0 unspecified atom stereocenters. The van der Waals surface area contributed by atoms with Gasteiger partial charge in [-0.2, -0.15) is 0 Å². The van der Waals surface area contributed by atoms with Gasteiger partial charge in [0, 0.05) is 23.7 Å². The molecule has 0 radical (unpaired) electrons. The summed E-state index contributed by atoms with van der Waals surface area (Å²) in [6.45, 7) is 2.29. The number of benzene rings is 1. The predicted octanol–water partition coefficient (Wildman–Crippen LogP) is 2.09. The van der Waals surface area contributed by atoms with Gasteiger partial charge in [-0.25, -0.2) is 4.79 Å². The average molecular weight is 239 g/mol. The van der Waals surface area contributed by atoms with Gasteiger partial charge in [-0.05, 0) is 30.7 Å². The van der Waals surface area contributed by atoms with Crippen LogP contribution in [0.25, 0.3) is 0 Å². The van der Waals surface area contributed by atoms with Crippen molar-refractivity contribution in [3.8, 4) is 0 Å². The topological polar surface area (TPSA) is 49.4 Å². The van der Waals surface area contributed by atoms with Crippen LogP contribution in [0.5, 0.6) is 0 Å². The lowest BCUT2D eigenvalue weighted by atomic mass is 10.1. The summed E-state index contributed by atoms with van der Waals surface area (Å²) >= 11 is 5.84. The van der Waals surface area contributed by atoms with Crippen molar-refractivity contribution in [3.05, 3.63) is 28.8 Å². The van der Waals surface area contributed by atoms with Crippen LogP contribution in [0.2, 0.25) is 5.02 Å². The van der Waals surface area contributed by atoms with Crippen LogP contribution in [-0.2, 0) is 4.79 Å². The summed E-state index contributed by atoms with van der Waals surface area (Å²) in [6, 6.07) is 4.93. The van der Waals surface area contributed by atoms with E-state index < -0.39 is 0 Å². The minimum atomic E-state index is -0.373. The molecule has 4 nitrogen and oxygen atoms in total. The molecule has 1 aromatic carbocycles. The normalized spacial score (nSPS) is 16.2. The number of carbonyl (C=O) groups is 2. The Balaban J connectivity index is 2.30. The highest BCUT2D eigenvalue weighted by Crippen LogP contribution is 2.24. The third kappa shape index (κ3) is 2.02. The monoisotopic (exact) mass is 238 g/mol. The van der Waals surface area contributed by atoms with E-state index in [0.29, 0.717) is 18.0 Å². The molecule has 0 atom stereocenters. The Morgan fingerprint density at radius 1 is 1.38 bits per heavy atom. The van der Waals surface area contributed by atoms with Crippen molar-refractivity contribution in [1.29, 1.82) is 0 Å². The Kier molecular flexibility index (Phi) is 2.83. The first-order chi connectivity index (χ1) is 7.58. The molecule has 2 rings (SSSR count). The summed E-state index contributed by atoms with van der Waals surface area (Å²) in [5.74, 6) is -0.229. The van der Waals surface area contributed by atoms with E-state index in [-0.39, 0.29) is 11.9 Å². The first-order valence-corrected chi connectivity index (χ1v) is 5.33. The number of urea groups is 1. The summed E-state index contributed by atoms with van der Waals surface area (Å²) < 4.78 is 0. The van der Waals surface area contributed by atoms with Crippen LogP contribution in [0, 0.1) is 6.92 Å². The maximum Gasteiger partial charge on any atom is 0.328 e. The van der Waals surface area contributed by atoms with Crippen molar-refractivity contribution < 1.29 is 9.59 Å². The average Bonchev–Trinajstić information content (AvgIpc) is 2.19. The standard InChI is InChI=1S/C11H11ClN2O2/c1-7-6-8(12)2-3-9(7)14-5-4-10(15)13-11(14)16/h2-3,6H,4-5H2,1H3,(H,13,15,16). The summed E-state index contributed by atoms with van der Waals surface area (Å²) in [4.78, 5) is 24.2. The summed E-state index contributed by atoms with van der Waals surface area (Å²) in [5, 5.41) is 2.92. The number of hydrogen-bond acceptors (Lipinski definition) is 2. The highest BCUT2D eigenvalue weighted by Gasteiger charge is 2.24. The predicted molar refractivity (Wildman–Crippen MR) is 61.7 cm³/mol. The lowest BCUT2D eigenvalue weighted by Gasteiger charge is -2.27. The van der Waals surface area contributed by atoms with E-state index in [1.165, 1.54) is 0 Å².